The zero-order valence-electron chi connectivity index (χ0n) is 9.19. The van der Waals surface area contributed by atoms with E-state index in [9.17, 15) is 0 Å². The lowest BCUT2D eigenvalue weighted by molar-refractivity contribution is 0.608. The van der Waals surface area contributed by atoms with E-state index >= 15 is 0 Å². The lowest BCUT2D eigenvalue weighted by atomic mass is 10.1. The van der Waals surface area contributed by atoms with Crippen LogP contribution in [-0.4, -0.2) is 0 Å². The molecule has 1 rings (SSSR count). The normalized spacial score (nSPS) is 10.9. The third kappa shape index (κ3) is 5.24. The van der Waals surface area contributed by atoms with Crippen LogP contribution in [0.1, 0.15) is 51.0 Å². The molecule has 0 saturated heterocycles. The topological polar surface area (TPSA) is 0 Å². The van der Waals surface area contributed by atoms with Crippen LogP contribution < -0.4 is 0 Å². The molecule has 0 amide bonds. The quantitative estimate of drug-likeness (QED) is 0.534. The van der Waals surface area contributed by atoms with Gasteiger partial charge in [-0.15, -0.1) is 11.3 Å². The minimum absolute atomic E-state index is 0.806. The molecule has 0 atom stereocenters. The molecule has 0 N–H and O–H groups in total. The van der Waals surface area contributed by atoms with Crippen LogP contribution in [0.5, 0.6) is 0 Å². The van der Waals surface area contributed by atoms with E-state index in [-0.39, 0.29) is 0 Å². The molecule has 1 heterocycles. The first-order chi connectivity index (χ1) is 7.24. The SMILES string of the molecule is CCCCCCCCc1cc(Cl)sc1Cl. The van der Waals surface area contributed by atoms with Gasteiger partial charge >= 0.3 is 0 Å². The summed E-state index contributed by atoms with van der Waals surface area (Å²) < 4.78 is 1.68. The predicted octanol–water partition coefficient (Wildman–Crippen LogP) is 5.96. The van der Waals surface area contributed by atoms with E-state index in [2.05, 4.69) is 6.92 Å². The maximum absolute atomic E-state index is 6.04. The Morgan fingerprint density at radius 2 is 1.73 bits per heavy atom. The minimum Gasteiger partial charge on any atom is -0.111 e. The van der Waals surface area contributed by atoms with Gasteiger partial charge in [-0.2, -0.15) is 0 Å². The summed E-state index contributed by atoms with van der Waals surface area (Å²) in [6, 6.07) is 2.00. The fraction of sp³-hybridized carbons (Fsp3) is 0.667. The highest BCUT2D eigenvalue weighted by Crippen LogP contribution is 2.32. The van der Waals surface area contributed by atoms with Gasteiger partial charge in [0.2, 0.25) is 0 Å². The molecule has 86 valence electrons. The van der Waals surface area contributed by atoms with E-state index in [0.29, 0.717) is 0 Å². The van der Waals surface area contributed by atoms with Gasteiger partial charge in [0, 0.05) is 0 Å². The third-order valence-corrected chi connectivity index (χ3v) is 4.10. The Kier molecular flexibility index (Phi) is 6.71. The number of unbranched alkanes of at least 4 members (excludes halogenated alkanes) is 5. The van der Waals surface area contributed by atoms with Gasteiger partial charge in [0.25, 0.3) is 0 Å². The number of thiophene rings is 1. The molecule has 0 aliphatic heterocycles. The van der Waals surface area contributed by atoms with Gasteiger partial charge in [0.1, 0.15) is 0 Å². The molecule has 0 spiro atoms. The van der Waals surface area contributed by atoms with Crippen LogP contribution in [0.4, 0.5) is 0 Å². The number of halogens is 2. The average molecular weight is 265 g/mol. The molecule has 1 aromatic heterocycles. The van der Waals surface area contributed by atoms with Gasteiger partial charge in [-0.1, -0.05) is 62.2 Å². The van der Waals surface area contributed by atoms with Crippen LogP contribution in [0.15, 0.2) is 6.07 Å². The van der Waals surface area contributed by atoms with Crippen molar-refractivity contribution in [2.75, 3.05) is 0 Å². The van der Waals surface area contributed by atoms with Crippen molar-refractivity contribution in [1.29, 1.82) is 0 Å². The molecule has 15 heavy (non-hydrogen) atoms. The van der Waals surface area contributed by atoms with Crippen LogP contribution in [0.2, 0.25) is 8.67 Å². The number of hydrogen-bond acceptors (Lipinski definition) is 1. The molecule has 0 unspecified atom stereocenters. The molecule has 0 aliphatic rings. The molecule has 1 aromatic rings. The summed E-state index contributed by atoms with van der Waals surface area (Å²) >= 11 is 13.4. The number of rotatable bonds is 7. The second kappa shape index (κ2) is 7.54. The molecule has 0 radical (unpaired) electrons. The summed E-state index contributed by atoms with van der Waals surface area (Å²) in [7, 11) is 0. The van der Waals surface area contributed by atoms with Crippen LogP contribution in [-0.2, 0) is 6.42 Å². The summed E-state index contributed by atoms with van der Waals surface area (Å²) in [6.45, 7) is 2.24. The van der Waals surface area contributed by atoms with Gasteiger partial charge in [-0.3, -0.25) is 0 Å². The van der Waals surface area contributed by atoms with Crippen molar-refractivity contribution < 1.29 is 0 Å². The lowest BCUT2D eigenvalue weighted by Gasteiger charge is -2.00. The Bertz CT molecular complexity index is 281. The summed E-state index contributed by atoms with van der Waals surface area (Å²) in [5, 5.41) is 0. The Balaban J connectivity index is 2.12. The van der Waals surface area contributed by atoms with Crippen LogP contribution >= 0.6 is 34.5 Å². The molecule has 0 fully saturated rings. The van der Waals surface area contributed by atoms with Crippen LogP contribution in [0.3, 0.4) is 0 Å². The van der Waals surface area contributed by atoms with Crippen molar-refractivity contribution in [2.45, 2.75) is 51.9 Å². The van der Waals surface area contributed by atoms with Gasteiger partial charge in [-0.05, 0) is 24.5 Å². The third-order valence-electron chi connectivity index (χ3n) is 2.53. The van der Waals surface area contributed by atoms with E-state index in [1.54, 1.807) is 0 Å². The van der Waals surface area contributed by atoms with Gasteiger partial charge in [0.05, 0.1) is 8.67 Å². The Labute approximate surface area is 107 Å². The highest BCUT2D eigenvalue weighted by molar-refractivity contribution is 7.20. The summed E-state index contributed by atoms with van der Waals surface area (Å²) in [4.78, 5) is 0. The molecule has 0 nitrogen and oxygen atoms in total. The van der Waals surface area contributed by atoms with Crippen molar-refractivity contribution in [3.63, 3.8) is 0 Å². The fourth-order valence-electron chi connectivity index (χ4n) is 1.64. The van der Waals surface area contributed by atoms with Crippen molar-refractivity contribution in [2.24, 2.45) is 0 Å². The van der Waals surface area contributed by atoms with Gasteiger partial charge < -0.3 is 0 Å². The molecular weight excluding hydrogens is 247 g/mol. The van der Waals surface area contributed by atoms with Crippen LogP contribution in [0.25, 0.3) is 0 Å². The van der Waals surface area contributed by atoms with Crippen LogP contribution in [0, 0.1) is 0 Å². The largest absolute Gasteiger partial charge is 0.111 e. The highest BCUT2D eigenvalue weighted by Gasteiger charge is 2.04. The molecule has 0 saturated carbocycles. The molecular formula is C12H18Cl2S. The molecule has 3 heteroatoms. The van der Waals surface area contributed by atoms with E-state index in [0.717, 1.165) is 15.1 Å². The fourth-order valence-corrected chi connectivity index (χ4v) is 3.19. The van der Waals surface area contributed by atoms with Gasteiger partial charge in [-0.25, -0.2) is 0 Å². The number of hydrogen-bond donors (Lipinski definition) is 0. The van der Waals surface area contributed by atoms with Crippen molar-refractivity contribution >= 4 is 34.5 Å². The zero-order valence-corrected chi connectivity index (χ0v) is 11.5. The summed E-state index contributed by atoms with van der Waals surface area (Å²) in [5.41, 5.74) is 1.22. The Morgan fingerprint density at radius 1 is 1.07 bits per heavy atom. The second-order valence-corrected chi connectivity index (χ2v) is 6.15. The van der Waals surface area contributed by atoms with E-state index in [1.807, 2.05) is 6.07 Å². The highest BCUT2D eigenvalue weighted by atomic mass is 35.5. The first kappa shape index (κ1) is 13.3. The first-order valence-corrected chi connectivity index (χ1v) is 7.25. The van der Waals surface area contributed by atoms with E-state index in [4.69, 9.17) is 23.2 Å². The standard InChI is InChI=1S/C12H18Cl2S/c1-2-3-4-5-6-7-8-10-9-11(13)15-12(10)14/h9H,2-8H2,1H3. The van der Waals surface area contributed by atoms with E-state index in [1.165, 1.54) is 55.4 Å². The van der Waals surface area contributed by atoms with E-state index < -0.39 is 0 Å². The van der Waals surface area contributed by atoms with Gasteiger partial charge in [0.15, 0.2) is 0 Å². The Hall–Kier alpha value is 0.280. The van der Waals surface area contributed by atoms with Crippen molar-refractivity contribution in [3.8, 4) is 0 Å². The molecule has 0 aromatic carbocycles. The lowest BCUT2D eigenvalue weighted by Crippen LogP contribution is -1.84. The monoisotopic (exact) mass is 264 g/mol. The predicted molar refractivity (Wildman–Crippen MR) is 71.4 cm³/mol. The summed E-state index contributed by atoms with van der Waals surface area (Å²) in [5.74, 6) is 0. The second-order valence-electron chi connectivity index (χ2n) is 3.87. The number of aryl methyl sites for hydroxylation is 1. The minimum atomic E-state index is 0.806. The first-order valence-electron chi connectivity index (χ1n) is 5.67. The maximum Gasteiger partial charge on any atom is 0.0976 e. The van der Waals surface area contributed by atoms with Crippen molar-refractivity contribution in [3.05, 3.63) is 20.3 Å². The molecule has 0 aliphatic carbocycles. The maximum atomic E-state index is 6.04. The zero-order chi connectivity index (χ0) is 11.1. The smallest absolute Gasteiger partial charge is 0.0976 e. The summed E-state index contributed by atoms with van der Waals surface area (Å²) in [6.07, 6.45) is 9.02. The Morgan fingerprint density at radius 3 is 2.33 bits per heavy atom. The van der Waals surface area contributed by atoms with Crippen molar-refractivity contribution in [1.82, 2.24) is 0 Å². The average Bonchev–Trinajstić information content (AvgIpc) is 2.51. The molecule has 0 bridgehead atoms.